The first-order valence-electron chi connectivity index (χ1n) is 11.2. The third-order valence-electron chi connectivity index (χ3n) is 5.87. The predicted molar refractivity (Wildman–Crippen MR) is 125 cm³/mol. The number of carbonyl (C=O) groups is 1. The number of halogens is 1. The highest BCUT2D eigenvalue weighted by Gasteiger charge is 2.32. The number of hydrogen-bond acceptors (Lipinski definition) is 7. The number of carbonyl (C=O) groups excluding carboxylic acids is 1. The molecule has 33 heavy (non-hydrogen) atoms. The molecule has 0 spiro atoms. The lowest BCUT2D eigenvalue weighted by atomic mass is 9.77. The van der Waals surface area contributed by atoms with E-state index in [9.17, 15) is 14.3 Å². The molecule has 0 atom stereocenters. The van der Waals surface area contributed by atoms with Gasteiger partial charge in [-0.2, -0.15) is 5.26 Å². The minimum atomic E-state index is -0.709. The first-order valence-corrected chi connectivity index (χ1v) is 11.2. The molecule has 1 amide bonds. The topological polar surface area (TPSA) is 123 Å². The van der Waals surface area contributed by atoms with Gasteiger partial charge in [0.05, 0.1) is 22.4 Å². The Hall–Kier alpha value is -3.25. The number of aliphatic hydroxyl groups is 1. The molecule has 2 aromatic heterocycles. The number of nitrogens with one attached hydrogen (secondary N) is 3. The lowest BCUT2D eigenvalue weighted by Gasteiger charge is -2.36. The normalized spacial score (nSPS) is 18.5. The van der Waals surface area contributed by atoms with Gasteiger partial charge in [-0.05, 0) is 65.4 Å². The molecule has 2 heterocycles. The van der Waals surface area contributed by atoms with Gasteiger partial charge in [-0.1, -0.05) is 0 Å². The van der Waals surface area contributed by atoms with Crippen LogP contribution in [0.2, 0.25) is 0 Å². The van der Waals surface area contributed by atoms with Gasteiger partial charge in [-0.25, -0.2) is 14.4 Å². The van der Waals surface area contributed by atoms with E-state index in [4.69, 9.17) is 5.26 Å². The molecule has 1 aliphatic carbocycles. The third kappa shape index (κ3) is 6.39. The number of anilines is 3. The van der Waals surface area contributed by atoms with Crippen LogP contribution in [0.4, 0.5) is 21.7 Å². The number of nitriles is 1. The van der Waals surface area contributed by atoms with E-state index in [1.54, 1.807) is 6.07 Å². The molecule has 0 aromatic carbocycles. The highest BCUT2D eigenvalue weighted by atomic mass is 19.1. The van der Waals surface area contributed by atoms with Crippen molar-refractivity contribution in [2.24, 2.45) is 5.92 Å². The molecular formula is C24H31FN6O2. The largest absolute Gasteiger partial charge is 0.390 e. The van der Waals surface area contributed by atoms with Crippen LogP contribution in [-0.4, -0.2) is 38.7 Å². The van der Waals surface area contributed by atoms with Gasteiger partial charge in [-0.3, -0.25) is 4.79 Å². The van der Waals surface area contributed by atoms with Crippen LogP contribution in [-0.2, 0) is 0 Å². The smallest absolute Gasteiger partial charge is 0.255 e. The number of pyridine rings is 2. The summed E-state index contributed by atoms with van der Waals surface area (Å²) < 4.78 is 14.2. The van der Waals surface area contributed by atoms with Gasteiger partial charge in [0.15, 0.2) is 11.6 Å². The zero-order valence-electron chi connectivity index (χ0n) is 19.4. The first kappa shape index (κ1) is 24.4. The zero-order valence-corrected chi connectivity index (χ0v) is 19.4. The van der Waals surface area contributed by atoms with Crippen molar-refractivity contribution in [3.8, 4) is 6.07 Å². The maximum atomic E-state index is 14.2. The van der Waals surface area contributed by atoms with E-state index in [0.29, 0.717) is 17.1 Å². The Morgan fingerprint density at radius 2 is 1.91 bits per heavy atom. The molecule has 2 aromatic rings. The van der Waals surface area contributed by atoms with Gasteiger partial charge >= 0.3 is 0 Å². The van der Waals surface area contributed by atoms with E-state index in [2.05, 4.69) is 25.9 Å². The molecule has 8 nitrogen and oxygen atoms in total. The third-order valence-corrected chi connectivity index (χ3v) is 5.87. The Kier molecular flexibility index (Phi) is 7.49. The van der Waals surface area contributed by atoms with Crippen molar-refractivity contribution in [2.75, 3.05) is 10.6 Å². The summed E-state index contributed by atoms with van der Waals surface area (Å²) in [5.74, 6) is -0.411. The van der Waals surface area contributed by atoms with E-state index < -0.39 is 11.4 Å². The van der Waals surface area contributed by atoms with Crippen molar-refractivity contribution in [1.82, 2.24) is 15.3 Å². The van der Waals surface area contributed by atoms with Gasteiger partial charge in [0.2, 0.25) is 0 Å². The van der Waals surface area contributed by atoms with Crippen LogP contribution in [0.25, 0.3) is 0 Å². The maximum Gasteiger partial charge on any atom is 0.255 e. The van der Waals surface area contributed by atoms with E-state index in [1.807, 2.05) is 33.8 Å². The molecule has 3 rings (SSSR count). The molecule has 9 heteroatoms. The average molecular weight is 455 g/mol. The van der Waals surface area contributed by atoms with Crippen molar-refractivity contribution in [3.05, 3.63) is 41.5 Å². The van der Waals surface area contributed by atoms with E-state index in [1.165, 1.54) is 12.4 Å². The van der Waals surface area contributed by atoms with Crippen LogP contribution in [0.5, 0.6) is 0 Å². The van der Waals surface area contributed by atoms with Crippen LogP contribution < -0.4 is 16.0 Å². The van der Waals surface area contributed by atoms with Crippen molar-refractivity contribution in [2.45, 2.75) is 71.1 Å². The minimum Gasteiger partial charge on any atom is -0.390 e. The highest BCUT2D eigenvalue weighted by Crippen LogP contribution is 2.33. The van der Waals surface area contributed by atoms with Gasteiger partial charge in [0, 0.05) is 30.5 Å². The summed E-state index contributed by atoms with van der Waals surface area (Å²) in [6.45, 7) is 7.58. The molecule has 1 aliphatic rings. The number of aromatic nitrogens is 2. The van der Waals surface area contributed by atoms with Gasteiger partial charge < -0.3 is 21.1 Å². The number of rotatable bonds is 7. The fraction of sp³-hybridized carbons (Fsp3) is 0.500. The lowest BCUT2D eigenvalue weighted by molar-refractivity contribution is -0.00257. The molecule has 0 saturated heterocycles. The van der Waals surface area contributed by atoms with Gasteiger partial charge in [0.1, 0.15) is 11.9 Å². The molecule has 0 radical (unpaired) electrons. The molecule has 176 valence electrons. The molecule has 1 saturated carbocycles. The predicted octanol–water partition coefficient (Wildman–Crippen LogP) is 4.11. The number of amides is 1. The van der Waals surface area contributed by atoms with E-state index in [-0.39, 0.29) is 35.3 Å². The summed E-state index contributed by atoms with van der Waals surface area (Å²) in [5, 5.41) is 28.2. The van der Waals surface area contributed by atoms with Crippen LogP contribution >= 0.6 is 0 Å². The highest BCUT2D eigenvalue weighted by molar-refractivity contribution is 6.00. The standard InChI is InChI=1S/C24H31FN6O2/c1-14(2)29-20-10-21(31-22-19(25)9-15(11-26)12-28-22)27-13-18(20)23(32)30-17-7-5-16(6-8-17)24(3,4)33/h9-10,12-14,16-17,33H,5-8H2,1-4H3,(H,30,32)(H2,27,28,29,31). The number of hydrogen-bond donors (Lipinski definition) is 4. The molecule has 1 fully saturated rings. The molecule has 0 bridgehead atoms. The van der Waals surface area contributed by atoms with E-state index >= 15 is 0 Å². The van der Waals surface area contributed by atoms with Crippen LogP contribution in [0.15, 0.2) is 24.5 Å². The van der Waals surface area contributed by atoms with Gasteiger partial charge in [-0.15, -0.1) is 0 Å². The second-order valence-corrected chi connectivity index (χ2v) is 9.38. The minimum absolute atomic E-state index is 0.0396. The Morgan fingerprint density at radius 3 is 2.48 bits per heavy atom. The van der Waals surface area contributed by atoms with Crippen molar-refractivity contribution in [1.29, 1.82) is 5.26 Å². The summed E-state index contributed by atoms with van der Waals surface area (Å²) >= 11 is 0. The van der Waals surface area contributed by atoms with E-state index in [0.717, 1.165) is 31.7 Å². The van der Waals surface area contributed by atoms with Crippen molar-refractivity contribution >= 4 is 23.2 Å². The van der Waals surface area contributed by atoms with Crippen LogP contribution in [0.1, 0.15) is 69.3 Å². The second-order valence-electron chi connectivity index (χ2n) is 9.38. The summed E-state index contributed by atoms with van der Waals surface area (Å²) in [6.07, 6.45) is 6.05. The molecule has 4 N–H and O–H groups in total. The Bertz CT molecular complexity index is 1040. The monoisotopic (exact) mass is 454 g/mol. The fourth-order valence-corrected chi connectivity index (χ4v) is 4.05. The quantitative estimate of drug-likeness (QED) is 0.496. The zero-order chi connectivity index (χ0) is 24.2. The summed E-state index contributed by atoms with van der Waals surface area (Å²) in [6, 6.07) is 4.67. The molecule has 0 aliphatic heterocycles. The van der Waals surface area contributed by atoms with Crippen molar-refractivity contribution in [3.63, 3.8) is 0 Å². The molecular weight excluding hydrogens is 423 g/mol. The average Bonchev–Trinajstić information content (AvgIpc) is 2.74. The Labute approximate surface area is 193 Å². The second kappa shape index (κ2) is 10.1. The van der Waals surface area contributed by atoms with Crippen LogP contribution in [0.3, 0.4) is 0 Å². The Balaban J connectivity index is 1.74. The summed E-state index contributed by atoms with van der Waals surface area (Å²) in [5.41, 5.74) is 0.377. The van der Waals surface area contributed by atoms with Crippen molar-refractivity contribution < 1.29 is 14.3 Å². The fourth-order valence-electron chi connectivity index (χ4n) is 4.05. The van der Waals surface area contributed by atoms with Gasteiger partial charge in [0.25, 0.3) is 5.91 Å². The SMILES string of the molecule is CC(C)Nc1cc(Nc2ncc(C#N)cc2F)ncc1C(=O)NC1CCC(C(C)(C)O)CC1. The summed E-state index contributed by atoms with van der Waals surface area (Å²) in [7, 11) is 0. The number of nitrogens with zero attached hydrogens (tertiary/aromatic N) is 3. The van der Waals surface area contributed by atoms with Crippen LogP contribution in [0, 0.1) is 23.1 Å². The first-order chi connectivity index (χ1) is 15.6. The molecule has 0 unspecified atom stereocenters. The maximum absolute atomic E-state index is 14.2. The Morgan fingerprint density at radius 1 is 1.21 bits per heavy atom. The summed E-state index contributed by atoms with van der Waals surface area (Å²) in [4.78, 5) is 21.2. The lowest BCUT2D eigenvalue weighted by Crippen LogP contribution is -2.42.